The van der Waals surface area contributed by atoms with Crippen molar-refractivity contribution in [2.45, 2.75) is 64.8 Å². The van der Waals surface area contributed by atoms with E-state index >= 15 is 0 Å². The fourth-order valence-electron chi connectivity index (χ4n) is 4.93. The number of nitrogens with one attached hydrogen (secondary N) is 2. The van der Waals surface area contributed by atoms with Gasteiger partial charge in [-0.1, -0.05) is 26.2 Å². The maximum Gasteiger partial charge on any atom is 0.317 e. The van der Waals surface area contributed by atoms with E-state index in [9.17, 15) is 4.79 Å². The topological polar surface area (TPSA) is 61.0 Å². The summed E-state index contributed by atoms with van der Waals surface area (Å²) < 4.78 is 0. The van der Waals surface area contributed by atoms with Crippen LogP contribution in [0.25, 0.3) is 0 Å². The molecule has 1 saturated heterocycles. The van der Waals surface area contributed by atoms with Gasteiger partial charge in [0.05, 0.1) is 5.69 Å². The number of amides is 2. The van der Waals surface area contributed by atoms with Crippen molar-refractivity contribution in [2.75, 3.05) is 13.1 Å². The molecule has 1 saturated carbocycles. The van der Waals surface area contributed by atoms with Crippen LogP contribution in [0.2, 0.25) is 0 Å². The molecule has 4 rings (SSSR count). The SMILES string of the molecule is Cc1[nH]nc2c1CCC(NC(=O)N1CC(C3CCCC(C)C3)C1)C2. The zero-order chi connectivity index (χ0) is 16.7. The first-order chi connectivity index (χ1) is 11.6. The largest absolute Gasteiger partial charge is 0.335 e. The molecule has 2 fully saturated rings. The van der Waals surface area contributed by atoms with Crippen molar-refractivity contribution in [3.63, 3.8) is 0 Å². The third-order valence-corrected chi connectivity index (χ3v) is 6.51. The number of H-pyrrole nitrogens is 1. The Morgan fingerprint density at radius 1 is 1.25 bits per heavy atom. The minimum Gasteiger partial charge on any atom is -0.335 e. The molecule has 2 amide bonds. The van der Waals surface area contributed by atoms with Crippen molar-refractivity contribution in [3.05, 3.63) is 17.0 Å². The molecule has 2 heterocycles. The van der Waals surface area contributed by atoms with Crippen LogP contribution in [0.1, 0.15) is 56.0 Å². The molecule has 2 aliphatic carbocycles. The number of fused-ring (bicyclic) bond motifs is 1. The Bertz CT molecular complexity index is 605. The molecule has 0 spiro atoms. The number of aromatic nitrogens is 2. The third kappa shape index (κ3) is 3.05. The van der Waals surface area contributed by atoms with Crippen LogP contribution in [0.15, 0.2) is 0 Å². The number of aromatic amines is 1. The van der Waals surface area contributed by atoms with Crippen LogP contribution < -0.4 is 5.32 Å². The van der Waals surface area contributed by atoms with E-state index in [0.29, 0.717) is 0 Å². The van der Waals surface area contributed by atoms with Crippen LogP contribution in [-0.4, -0.2) is 40.3 Å². The summed E-state index contributed by atoms with van der Waals surface area (Å²) in [7, 11) is 0. The molecule has 0 radical (unpaired) electrons. The maximum atomic E-state index is 12.5. The van der Waals surface area contributed by atoms with E-state index in [4.69, 9.17) is 0 Å². The Morgan fingerprint density at radius 2 is 2.08 bits per heavy atom. The monoisotopic (exact) mass is 330 g/mol. The minimum absolute atomic E-state index is 0.135. The van der Waals surface area contributed by atoms with Gasteiger partial charge in [-0.3, -0.25) is 5.10 Å². The Labute approximate surface area is 144 Å². The average Bonchev–Trinajstić information content (AvgIpc) is 2.87. The lowest BCUT2D eigenvalue weighted by Crippen LogP contribution is -2.58. The third-order valence-electron chi connectivity index (χ3n) is 6.51. The highest BCUT2D eigenvalue weighted by atomic mass is 16.2. The second-order valence-electron chi connectivity index (χ2n) is 8.36. The van der Waals surface area contributed by atoms with E-state index in [0.717, 1.165) is 55.8 Å². The second kappa shape index (κ2) is 6.41. The zero-order valence-electron chi connectivity index (χ0n) is 15.0. The minimum atomic E-state index is 0.135. The Morgan fingerprint density at radius 3 is 2.88 bits per heavy atom. The van der Waals surface area contributed by atoms with Gasteiger partial charge in [0, 0.05) is 31.2 Å². The van der Waals surface area contributed by atoms with E-state index in [1.165, 1.54) is 36.9 Å². The number of likely N-dealkylation sites (tertiary alicyclic amines) is 1. The van der Waals surface area contributed by atoms with E-state index < -0.39 is 0 Å². The maximum absolute atomic E-state index is 12.5. The molecular formula is C19H30N4O. The van der Waals surface area contributed by atoms with Crippen molar-refractivity contribution < 1.29 is 4.79 Å². The number of nitrogens with zero attached hydrogens (tertiary/aromatic N) is 2. The summed E-state index contributed by atoms with van der Waals surface area (Å²) in [5.74, 6) is 2.47. The van der Waals surface area contributed by atoms with Crippen LogP contribution in [0.3, 0.4) is 0 Å². The summed E-state index contributed by atoms with van der Waals surface area (Å²) in [6, 6.07) is 0.372. The molecule has 0 bridgehead atoms. The van der Waals surface area contributed by atoms with E-state index in [1.807, 2.05) is 4.90 Å². The van der Waals surface area contributed by atoms with Crippen molar-refractivity contribution in [1.82, 2.24) is 20.4 Å². The van der Waals surface area contributed by atoms with Gasteiger partial charge in [-0.05, 0) is 49.5 Å². The summed E-state index contributed by atoms with van der Waals surface area (Å²) in [5, 5.41) is 10.7. The molecule has 1 aromatic heterocycles. The molecule has 0 aromatic carbocycles. The quantitative estimate of drug-likeness (QED) is 0.875. The van der Waals surface area contributed by atoms with Gasteiger partial charge in [-0.2, -0.15) is 5.10 Å². The molecule has 2 N–H and O–H groups in total. The van der Waals surface area contributed by atoms with E-state index in [2.05, 4.69) is 29.4 Å². The predicted molar refractivity (Wildman–Crippen MR) is 93.9 cm³/mol. The Hall–Kier alpha value is -1.52. The number of rotatable bonds is 2. The van der Waals surface area contributed by atoms with Crippen LogP contribution >= 0.6 is 0 Å². The van der Waals surface area contributed by atoms with Gasteiger partial charge in [0.25, 0.3) is 0 Å². The fraction of sp³-hybridized carbons (Fsp3) is 0.789. The van der Waals surface area contributed by atoms with Crippen molar-refractivity contribution in [2.24, 2.45) is 17.8 Å². The lowest BCUT2D eigenvalue weighted by Gasteiger charge is -2.46. The van der Waals surface area contributed by atoms with Gasteiger partial charge < -0.3 is 10.2 Å². The normalized spacial score (nSPS) is 30.6. The standard InChI is InChI=1S/C19H30N4O/c1-12-4-3-5-14(8-12)15-10-23(11-15)19(24)20-16-6-7-17-13(2)21-22-18(17)9-16/h12,14-16H,3-11H2,1-2H3,(H,20,24)(H,21,22). The molecular weight excluding hydrogens is 300 g/mol. The summed E-state index contributed by atoms with van der Waals surface area (Å²) in [4.78, 5) is 14.5. The van der Waals surface area contributed by atoms with Crippen LogP contribution in [0.5, 0.6) is 0 Å². The van der Waals surface area contributed by atoms with Crippen molar-refractivity contribution in [1.29, 1.82) is 0 Å². The summed E-state index contributed by atoms with van der Waals surface area (Å²) >= 11 is 0. The highest BCUT2D eigenvalue weighted by molar-refractivity contribution is 5.75. The lowest BCUT2D eigenvalue weighted by molar-refractivity contribution is 0.0578. The highest BCUT2D eigenvalue weighted by Crippen LogP contribution is 2.37. The smallest absolute Gasteiger partial charge is 0.317 e. The first-order valence-electron chi connectivity index (χ1n) is 9.68. The molecule has 132 valence electrons. The summed E-state index contributed by atoms with van der Waals surface area (Å²) in [6.45, 7) is 6.38. The molecule has 5 nitrogen and oxygen atoms in total. The molecule has 3 unspecified atom stereocenters. The summed E-state index contributed by atoms with van der Waals surface area (Å²) in [6.07, 6.45) is 8.41. The van der Waals surface area contributed by atoms with Gasteiger partial charge in [0.2, 0.25) is 0 Å². The Kier molecular flexibility index (Phi) is 4.27. The number of carbonyl (C=O) groups is 1. The van der Waals surface area contributed by atoms with Crippen LogP contribution in [0, 0.1) is 24.7 Å². The second-order valence-corrected chi connectivity index (χ2v) is 8.36. The number of carbonyl (C=O) groups excluding carboxylic acids is 1. The molecule has 3 atom stereocenters. The fourth-order valence-corrected chi connectivity index (χ4v) is 4.93. The molecule has 1 aromatic rings. The number of hydrogen-bond donors (Lipinski definition) is 2. The molecule has 24 heavy (non-hydrogen) atoms. The predicted octanol–water partition coefficient (Wildman–Crippen LogP) is 3.04. The molecule has 1 aliphatic heterocycles. The van der Waals surface area contributed by atoms with E-state index in [-0.39, 0.29) is 12.1 Å². The summed E-state index contributed by atoms with van der Waals surface area (Å²) in [5.41, 5.74) is 3.68. The number of aryl methyl sites for hydroxylation is 1. The van der Waals surface area contributed by atoms with Gasteiger partial charge in [0.15, 0.2) is 0 Å². The van der Waals surface area contributed by atoms with Gasteiger partial charge in [-0.25, -0.2) is 4.79 Å². The van der Waals surface area contributed by atoms with Gasteiger partial charge in [-0.15, -0.1) is 0 Å². The first-order valence-corrected chi connectivity index (χ1v) is 9.68. The molecule has 5 heteroatoms. The average molecular weight is 330 g/mol. The van der Waals surface area contributed by atoms with Crippen molar-refractivity contribution in [3.8, 4) is 0 Å². The first kappa shape index (κ1) is 16.0. The highest BCUT2D eigenvalue weighted by Gasteiger charge is 2.38. The number of hydrogen-bond acceptors (Lipinski definition) is 2. The van der Waals surface area contributed by atoms with Gasteiger partial charge in [0.1, 0.15) is 0 Å². The lowest BCUT2D eigenvalue weighted by atomic mass is 9.73. The Balaban J connectivity index is 1.25. The van der Waals surface area contributed by atoms with Gasteiger partial charge >= 0.3 is 6.03 Å². The van der Waals surface area contributed by atoms with Crippen LogP contribution in [0.4, 0.5) is 4.79 Å². The van der Waals surface area contributed by atoms with E-state index in [1.54, 1.807) is 0 Å². The number of urea groups is 1. The zero-order valence-corrected chi connectivity index (χ0v) is 15.0. The molecule has 3 aliphatic rings. The van der Waals surface area contributed by atoms with Crippen molar-refractivity contribution >= 4 is 6.03 Å². The van der Waals surface area contributed by atoms with Crippen LogP contribution in [-0.2, 0) is 12.8 Å².